The van der Waals surface area contributed by atoms with Crippen molar-refractivity contribution >= 4 is 0 Å². The largest absolute Gasteiger partial charge is 0.497 e. The Hall–Kier alpha value is -3.05. The number of fused-ring (bicyclic) bond motifs is 1. The smallest absolute Gasteiger partial charge is 0.165 e. The van der Waals surface area contributed by atoms with Crippen molar-refractivity contribution in [2.24, 2.45) is 0 Å². The fraction of sp³-hybridized carbons (Fsp3) is 0.250. The fourth-order valence-corrected chi connectivity index (χ4v) is 3.69. The minimum atomic E-state index is -0.212. The van der Waals surface area contributed by atoms with Crippen LogP contribution < -0.4 is 14.2 Å². The lowest BCUT2D eigenvalue weighted by molar-refractivity contribution is 0.216. The zero-order valence-electron chi connectivity index (χ0n) is 16.7. The summed E-state index contributed by atoms with van der Waals surface area (Å²) in [6.45, 7) is 2.66. The van der Waals surface area contributed by atoms with Gasteiger partial charge in [0, 0.05) is 25.2 Å². The number of rotatable bonds is 5. The SMILES string of the molecule is COc1cccc(-c2cc3c(c(OC)c2)OCCN(Cc2cccc(F)c2)C3)c1. The molecule has 4 nitrogen and oxygen atoms in total. The number of benzene rings is 3. The highest BCUT2D eigenvalue weighted by Gasteiger charge is 2.21. The minimum absolute atomic E-state index is 0.212. The van der Waals surface area contributed by atoms with E-state index in [1.54, 1.807) is 26.4 Å². The second kappa shape index (κ2) is 8.53. The van der Waals surface area contributed by atoms with E-state index in [4.69, 9.17) is 14.2 Å². The summed E-state index contributed by atoms with van der Waals surface area (Å²) in [5.74, 6) is 2.09. The summed E-state index contributed by atoms with van der Waals surface area (Å²) in [5, 5.41) is 0. The molecule has 1 aliphatic heterocycles. The molecule has 0 spiro atoms. The number of halogens is 1. The summed E-state index contributed by atoms with van der Waals surface area (Å²) in [5.41, 5.74) is 4.09. The summed E-state index contributed by atoms with van der Waals surface area (Å²) in [7, 11) is 3.32. The topological polar surface area (TPSA) is 30.9 Å². The summed E-state index contributed by atoms with van der Waals surface area (Å²) in [4.78, 5) is 2.26. The van der Waals surface area contributed by atoms with Gasteiger partial charge in [0.05, 0.1) is 14.2 Å². The number of nitrogens with zero attached hydrogens (tertiary/aromatic N) is 1. The highest BCUT2D eigenvalue weighted by molar-refractivity contribution is 5.70. The molecule has 150 valence electrons. The van der Waals surface area contributed by atoms with Gasteiger partial charge in [0.15, 0.2) is 11.5 Å². The van der Waals surface area contributed by atoms with Crippen molar-refractivity contribution in [1.29, 1.82) is 0 Å². The molecule has 0 saturated heterocycles. The van der Waals surface area contributed by atoms with E-state index in [2.05, 4.69) is 11.0 Å². The molecule has 0 fully saturated rings. The minimum Gasteiger partial charge on any atom is -0.497 e. The molecule has 0 radical (unpaired) electrons. The van der Waals surface area contributed by atoms with E-state index in [9.17, 15) is 4.39 Å². The molecule has 0 atom stereocenters. The first-order valence-electron chi connectivity index (χ1n) is 9.61. The molecule has 0 saturated carbocycles. The molecule has 0 aliphatic carbocycles. The lowest BCUT2D eigenvalue weighted by Gasteiger charge is -2.20. The van der Waals surface area contributed by atoms with Crippen LogP contribution in [0, 0.1) is 5.82 Å². The summed E-state index contributed by atoms with van der Waals surface area (Å²) < 4.78 is 30.6. The molecule has 0 aromatic heterocycles. The van der Waals surface area contributed by atoms with Crippen molar-refractivity contribution in [3.63, 3.8) is 0 Å². The number of ether oxygens (including phenoxy) is 3. The fourth-order valence-electron chi connectivity index (χ4n) is 3.69. The third-order valence-electron chi connectivity index (χ3n) is 5.10. The molecule has 5 heteroatoms. The number of methoxy groups -OCH3 is 2. The number of hydrogen-bond acceptors (Lipinski definition) is 4. The monoisotopic (exact) mass is 393 g/mol. The molecule has 3 aromatic rings. The normalized spacial score (nSPS) is 13.9. The van der Waals surface area contributed by atoms with Crippen LogP contribution in [0.5, 0.6) is 17.2 Å². The first-order chi connectivity index (χ1) is 14.2. The van der Waals surface area contributed by atoms with Crippen molar-refractivity contribution in [3.8, 4) is 28.4 Å². The average Bonchev–Trinajstić information content (AvgIpc) is 2.94. The molecular formula is C24H24FNO3. The molecule has 3 aromatic carbocycles. The Morgan fingerprint density at radius 1 is 0.966 bits per heavy atom. The molecule has 0 N–H and O–H groups in total. The van der Waals surface area contributed by atoms with Gasteiger partial charge in [-0.1, -0.05) is 24.3 Å². The van der Waals surface area contributed by atoms with Gasteiger partial charge in [-0.3, -0.25) is 4.90 Å². The van der Waals surface area contributed by atoms with E-state index in [-0.39, 0.29) is 5.82 Å². The predicted octanol–water partition coefficient (Wildman–Crippen LogP) is 4.90. The van der Waals surface area contributed by atoms with Gasteiger partial charge in [-0.15, -0.1) is 0 Å². The molecule has 0 unspecified atom stereocenters. The molecule has 0 bridgehead atoms. The Labute approximate surface area is 170 Å². The molecule has 4 rings (SSSR count). The number of hydrogen-bond donors (Lipinski definition) is 0. The molecule has 0 amide bonds. The van der Waals surface area contributed by atoms with Gasteiger partial charge >= 0.3 is 0 Å². The van der Waals surface area contributed by atoms with Crippen LogP contribution in [-0.2, 0) is 13.1 Å². The van der Waals surface area contributed by atoms with E-state index in [1.807, 2.05) is 36.4 Å². The van der Waals surface area contributed by atoms with Crippen LogP contribution in [0.2, 0.25) is 0 Å². The van der Waals surface area contributed by atoms with E-state index >= 15 is 0 Å². The maximum absolute atomic E-state index is 13.6. The van der Waals surface area contributed by atoms with Crippen molar-refractivity contribution in [2.75, 3.05) is 27.4 Å². The van der Waals surface area contributed by atoms with Gasteiger partial charge in [-0.25, -0.2) is 4.39 Å². The van der Waals surface area contributed by atoms with Gasteiger partial charge in [-0.2, -0.15) is 0 Å². The van der Waals surface area contributed by atoms with E-state index in [1.165, 1.54) is 6.07 Å². The van der Waals surface area contributed by atoms with Gasteiger partial charge in [-0.05, 0) is 53.1 Å². The van der Waals surface area contributed by atoms with Gasteiger partial charge in [0.25, 0.3) is 0 Å². The molecule has 1 aliphatic rings. The van der Waals surface area contributed by atoms with Crippen LogP contribution >= 0.6 is 0 Å². The van der Waals surface area contributed by atoms with Crippen molar-refractivity contribution in [2.45, 2.75) is 13.1 Å². The third-order valence-corrected chi connectivity index (χ3v) is 5.10. The zero-order valence-corrected chi connectivity index (χ0v) is 16.7. The standard InChI is InChI=1S/C24H24FNO3/c1-27-22-8-4-6-18(13-22)19-12-20-16-26(15-17-5-3-7-21(25)11-17)9-10-29-24(20)23(14-19)28-2/h3-8,11-14H,9-10,15-16H2,1-2H3. The van der Waals surface area contributed by atoms with Crippen LogP contribution in [0.25, 0.3) is 11.1 Å². The zero-order chi connectivity index (χ0) is 20.2. The molecule has 1 heterocycles. The van der Waals surface area contributed by atoms with Gasteiger partial charge < -0.3 is 14.2 Å². The van der Waals surface area contributed by atoms with Crippen molar-refractivity contribution in [1.82, 2.24) is 4.90 Å². The summed E-state index contributed by atoms with van der Waals surface area (Å²) in [6, 6.07) is 18.8. The Balaban J connectivity index is 1.67. The highest BCUT2D eigenvalue weighted by atomic mass is 19.1. The first kappa shape index (κ1) is 19.3. The van der Waals surface area contributed by atoms with Crippen molar-refractivity contribution in [3.05, 3.63) is 77.6 Å². The van der Waals surface area contributed by atoms with Gasteiger partial charge in [0.2, 0.25) is 0 Å². The maximum atomic E-state index is 13.6. The summed E-state index contributed by atoms with van der Waals surface area (Å²) in [6.07, 6.45) is 0. The molecular weight excluding hydrogens is 369 g/mol. The van der Waals surface area contributed by atoms with Crippen LogP contribution in [0.3, 0.4) is 0 Å². The van der Waals surface area contributed by atoms with Crippen molar-refractivity contribution < 1.29 is 18.6 Å². The Morgan fingerprint density at radius 3 is 2.62 bits per heavy atom. The third kappa shape index (κ3) is 4.35. The maximum Gasteiger partial charge on any atom is 0.165 e. The Kier molecular flexibility index (Phi) is 5.67. The Morgan fingerprint density at radius 2 is 1.83 bits per heavy atom. The summed E-state index contributed by atoms with van der Waals surface area (Å²) >= 11 is 0. The second-order valence-corrected chi connectivity index (χ2v) is 7.09. The molecule has 29 heavy (non-hydrogen) atoms. The van der Waals surface area contributed by atoms with Gasteiger partial charge in [0.1, 0.15) is 18.2 Å². The van der Waals surface area contributed by atoms with Crippen LogP contribution in [-0.4, -0.2) is 32.3 Å². The quantitative estimate of drug-likeness (QED) is 0.617. The second-order valence-electron chi connectivity index (χ2n) is 7.09. The van der Waals surface area contributed by atoms with E-state index in [0.29, 0.717) is 25.4 Å². The van der Waals surface area contributed by atoms with Crippen LogP contribution in [0.15, 0.2) is 60.7 Å². The highest BCUT2D eigenvalue weighted by Crippen LogP contribution is 2.39. The van der Waals surface area contributed by atoms with Crippen LogP contribution in [0.4, 0.5) is 4.39 Å². The Bertz CT molecular complexity index is 1010. The first-order valence-corrected chi connectivity index (χ1v) is 9.61. The van der Waals surface area contributed by atoms with E-state index < -0.39 is 0 Å². The predicted molar refractivity (Wildman–Crippen MR) is 111 cm³/mol. The lowest BCUT2D eigenvalue weighted by atomic mass is 10.0. The average molecular weight is 393 g/mol. The lowest BCUT2D eigenvalue weighted by Crippen LogP contribution is -2.25. The van der Waals surface area contributed by atoms with Crippen LogP contribution in [0.1, 0.15) is 11.1 Å². The van der Waals surface area contributed by atoms with E-state index in [0.717, 1.165) is 40.3 Å².